The molecule has 1 aromatic rings. The topological polar surface area (TPSA) is 60.2 Å². The fourth-order valence-electron chi connectivity index (χ4n) is 1.23. The van der Waals surface area contributed by atoms with Crippen LogP contribution in [0.3, 0.4) is 0 Å². The van der Waals surface area contributed by atoms with Crippen molar-refractivity contribution in [1.29, 1.82) is 0 Å². The van der Waals surface area contributed by atoms with E-state index in [4.69, 9.17) is 5.73 Å². The Bertz CT molecular complexity index is 474. The van der Waals surface area contributed by atoms with E-state index in [1.165, 1.54) is 13.0 Å². The van der Waals surface area contributed by atoms with Gasteiger partial charge in [-0.3, -0.25) is 0 Å². The van der Waals surface area contributed by atoms with E-state index < -0.39 is 27.5 Å². The van der Waals surface area contributed by atoms with Gasteiger partial charge in [0, 0.05) is 11.8 Å². The maximum absolute atomic E-state index is 12.9. The lowest BCUT2D eigenvalue weighted by Gasteiger charge is -2.11. The molecule has 0 bridgehead atoms. The van der Waals surface area contributed by atoms with Gasteiger partial charge in [0.05, 0.1) is 5.75 Å². The van der Waals surface area contributed by atoms with Gasteiger partial charge in [0.25, 0.3) is 0 Å². The minimum atomic E-state index is -3.23. The van der Waals surface area contributed by atoms with Crippen molar-refractivity contribution in [1.82, 2.24) is 0 Å². The molecular weight excluding hydrogens is 236 g/mol. The monoisotopic (exact) mass is 249 g/mol. The molecule has 3 nitrogen and oxygen atoms in total. The highest BCUT2D eigenvalue weighted by molar-refractivity contribution is 7.91. The molecule has 1 rings (SSSR count). The van der Waals surface area contributed by atoms with Crippen molar-refractivity contribution < 1.29 is 17.2 Å². The first-order valence-corrected chi connectivity index (χ1v) is 6.59. The molecule has 6 heteroatoms. The fraction of sp³-hybridized carbons (Fsp3) is 0.400. The van der Waals surface area contributed by atoms with Crippen LogP contribution in [-0.4, -0.2) is 19.9 Å². The highest BCUT2D eigenvalue weighted by Crippen LogP contribution is 2.16. The van der Waals surface area contributed by atoms with Crippen molar-refractivity contribution in [3.8, 4) is 0 Å². The summed E-state index contributed by atoms with van der Waals surface area (Å²) in [5.74, 6) is -2.30. The van der Waals surface area contributed by atoms with Gasteiger partial charge in [-0.05, 0) is 17.7 Å². The SMILES string of the molecule is CCS(=O)(=O)CC(N)c1ccc(F)c(F)c1. The molecule has 1 unspecified atom stereocenters. The molecule has 0 aromatic heterocycles. The molecule has 0 aliphatic carbocycles. The number of benzene rings is 1. The van der Waals surface area contributed by atoms with Gasteiger partial charge in [0.2, 0.25) is 0 Å². The van der Waals surface area contributed by atoms with E-state index >= 15 is 0 Å². The minimum Gasteiger partial charge on any atom is -0.323 e. The molecule has 1 atom stereocenters. The van der Waals surface area contributed by atoms with Gasteiger partial charge in [0.1, 0.15) is 0 Å². The normalized spacial score (nSPS) is 13.8. The summed E-state index contributed by atoms with van der Waals surface area (Å²) in [7, 11) is -3.23. The molecule has 16 heavy (non-hydrogen) atoms. The van der Waals surface area contributed by atoms with Crippen LogP contribution in [0.2, 0.25) is 0 Å². The third-order valence-electron chi connectivity index (χ3n) is 2.25. The number of hydrogen-bond donors (Lipinski definition) is 1. The molecule has 0 aliphatic rings. The van der Waals surface area contributed by atoms with Crippen LogP contribution in [0.15, 0.2) is 18.2 Å². The predicted molar refractivity (Wildman–Crippen MR) is 57.6 cm³/mol. The second kappa shape index (κ2) is 4.88. The van der Waals surface area contributed by atoms with Crippen LogP contribution in [0.1, 0.15) is 18.5 Å². The van der Waals surface area contributed by atoms with E-state index in [0.717, 1.165) is 12.1 Å². The fourth-order valence-corrected chi connectivity index (χ4v) is 2.21. The molecule has 2 N–H and O–H groups in total. The van der Waals surface area contributed by atoms with Crippen molar-refractivity contribution in [3.05, 3.63) is 35.4 Å². The third-order valence-corrected chi connectivity index (χ3v) is 3.99. The standard InChI is InChI=1S/C10H13F2NO2S/c1-2-16(14,15)6-10(13)7-3-4-8(11)9(12)5-7/h3-5,10H,2,6,13H2,1H3. The lowest BCUT2D eigenvalue weighted by atomic mass is 10.1. The Morgan fingerprint density at radius 2 is 1.94 bits per heavy atom. The Kier molecular flexibility index (Phi) is 3.98. The van der Waals surface area contributed by atoms with Crippen LogP contribution >= 0.6 is 0 Å². The Balaban J connectivity index is 2.89. The van der Waals surface area contributed by atoms with Crippen LogP contribution in [0.25, 0.3) is 0 Å². The Hall–Kier alpha value is -1.01. The van der Waals surface area contributed by atoms with E-state index in [9.17, 15) is 17.2 Å². The van der Waals surface area contributed by atoms with E-state index in [1.54, 1.807) is 0 Å². The largest absolute Gasteiger partial charge is 0.323 e. The van der Waals surface area contributed by atoms with Gasteiger partial charge in [-0.1, -0.05) is 13.0 Å². The summed E-state index contributed by atoms with van der Waals surface area (Å²) in [4.78, 5) is 0. The van der Waals surface area contributed by atoms with Gasteiger partial charge in [-0.15, -0.1) is 0 Å². The first-order valence-electron chi connectivity index (χ1n) is 4.76. The average Bonchev–Trinajstić information content (AvgIpc) is 2.21. The van der Waals surface area contributed by atoms with Gasteiger partial charge < -0.3 is 5.73 Å². The van der Waals surface area contributed by atoms with Crippen LogP contribution in [0.4, 0.5) is 8.78 Å². The third kappa shape index (κ3) is 3.24. The summed E-state index contributed by atoms with van der Waals surface area (Å²) in [6, 6.07) is 2.31. The zero-order valence-corrected chi connectivity index (χ0v) is 9.60. The van der Waals surface area contributed by atoms with E-state index in [2.05, 4.69) is 0 Å². The average molecular weight is 249 g/mol. The molecule has 0 amide bonds. The van der Waals surface area contributed by atoms with Crippen LogP contribution in [0, 0.1) is 11.6 Å². The van der Waals surface area contributed by atoms with Crippen LogP contribution in [-0.2, 0) is 9.84 Å². The lowest BCUT2D eigenvalue weighted by Crippen LogP contribution is -2.23. The second-order valence-electron chi connectivity index (χ2n) is 3.48. The lowest BCUT2D eigenvalue weighted by molar-refractivity contribution is 0.505. The number of nitrogens with two attached hydrogens (primary N) is 1. The number of halogens is 2. The maximum atomic E-state index is 12.9. The molecule has 0 saturated heterocycles. The Labute approximate surface area is 93.2 Å². The van der Waals surface area contributed by atoms with Crippen LogP contribution in [0.5, 0.6) is 0 Å². The highest BCUT2D eigenvalue weighted by Gasteiger charge is 2.16. The zero-order valence-electron chi connectivity index (χ0n) is 8.78. The van der Waals surface area contributed by atoms with Crippen molar-refractivity contribution in [2.24, 2.45) is 5.73 Å². The summed E-state index contributed by atoms with van der Waals surface area (Å²) >= 11 is 0. The number of sulfone groups is 1. The summed E-state index contributed by atoms with van der Waals surface area (Å²) in [6.45, 7) is 1.51. The van der Waals surface area contributed by atoms with Crippen molar-refractivity contribution in [3.63, 3.8) is 0 Å². The summed E-state index contributed by atoms with van der Waals surface area (Å²) in [5, 5.41) is 0. The molecule has 0 spiro atoms. The van der Waals surface area contributed by atoms with E-state index in [-0.39, 0.29) is 17.1 Å². The molecular formula is C10H13F2NO2S. The molecule has 0 aliphatic heterocycles. The molecule has 1 aromatic carbocycles. The quantitative estimate of drug-likeness (QED) is 0.877. The second-order valence-corrected chi connectivity index (χ2v) is 5.88. The van der Waals surface area contributed by atoms with Gasteiger partial charge >= 0.3 is 0 Å². The van der Waals surface area contributed by atoms with Gasteiger partial charge in [-0.25, -0.2) is 17.2 Å². The van der Waals surface area contributed by atoms with Crippen molar-refractivity contribution in [2.45, 2.75) is 13.0 Å². The molecule has 0 fully saturated rings. The van der Waals surface area contributed by atoms with Crippen LogP contribution < -0.4 is 5.73 Å². The summed E-state index contributed by atoms with van der Waals surface area (Å²) in [5.41, 5.74) is 5.88. The number of hydrogen-bond acceptors (Lipinski definition) is 3. The van der Waals surface area contributed by atoms with Gasteiger partial charge in [-0.2, -0.15) is 0 Å². The summed E-state index contributed by atoms with van der Waals surface area (Å²) in [6.07, 6.45) is 0. The molecule has 0 saturated carbocycles. The highest BCUT2D eigenvalue weighted by atomic mass is 32.2. The minimum absolute atomic E-state index is 0.0234. The van der Waals surface area contributed by atoms with Crippen molar-refractivity contribution >= 4 is 9.84 Å². The van der Waals surface area contributed by atoms with E-state index in [1.807, 2.05) is 0 Å². The zero-order chi connectivity index (χ0) is 12.3. The maximum Gasteiger partial charge on any atom is 0.159 e. The first-order chi connectivity index (χ1) is 7.35. The summed E-state index contributed by atoms with van der Waals surface area (Å²) < 4.78 is 48.1. The molecule has 0 heterocycles. The first kappa shape index (κ1) is 13.1. The Morgan fingerprint density at radius 1 is 1.31 bits per heavy atom. The molecule has 90 valence electrons. The van der Waals surface area contributed by atoms with Gasteiger partial charge in [0.15, 0.2) is 21.5 Å². The number of rotatable bonds is 4. The Morgan fingerprint density at radius 3 is 2.44 bits per heavy atom. The van der Waals surface area contributed by atoms with E-state index in [0.29, 0.717) is 0 Å². The molecule has 0 radical (unpaired) electrons. The van der Waals surface area contributed by atoms with Crippen molar-refractivity contribution in [2.75, 3.05) is 11.5 Å². The smallest absolute Gasteiger partial charge is 0.159 e. The predicted octanol–water partition coefficient (Wildman–Crippen LogP) is 1.40.